The molecule has 58 heavy (non-hydrogen) atoms. The monoisotopic (exact) mass is 827 g/mol. The number of Topliss-reactive ketones (excluding diaryl/α,β-unsaturated/α-hetero) is 1. The number of methoxy groups -OCH3 is 1. The zero-order valence-electron chi connectivity index (χ0n) is 34.9. The van der Waals surface area contributed by atoms with Gasteiger partial charge in [-0.3, -0.25) is 23.9 Å². The Bertz CT molecular complexity index is 2070. The Morgan fingerprint density at radius 3 is 2.47 bits per heavy atom. The van der Waals surface area contributed by atoms with Crippen LogP contribution in [0.15, 0.2) is 30.4 Å². The molecule has 2 amide bonds. The van der Waals surface area contributed by atoms with Crippen LogP contribution in [0.25, 0.3) is 10.9 Å². The minimum absolute atomic E-state index is 0.0167. The smallest absolute Gasteiger partial charge is 0.307 e. The van der Waals surface area contributed by atoms with Gasteiger partial charge >= 0.3 is 5.97 Å². The van der Waals surface area contributed by atoms with Gasteiger partial charge in [-0.25, -0.2) is 17.8 Å². The van der Waals surface area contributed by atoms with Crippen molar-refractivity contribution in [2.24, 2.45) is 29.1 Å². The van der Waals surface area contributed by atoms with Crippen LogP contribution in [-0.2, 0) is 33.9 Å². The summed E-state index contributed by atoms with van der Waals surface area (Å²) >= 11 is 0. The molecule has 16 heteroatoms. The highest BCUT2D eigenvalue weighted by atomic mass is 32.2. The number of allylic oxidation sites excluding steroid dienone is 2. The van der Waals surface area contributed by atoms with Crippen molar-refractivity contribution in [3.63, 3.8) is 0 Å². The molecule has 3 fully saturated rings. The van der Waals surface area contributed by atoms with Crippen molar-refractivity contribution in [2.75, 3.05) is 39.3 Å². The van der Waals surface area contributed by atoms with Crippen LogP contribution in [0, 0.1) is 29.1 Å². The van der Waals surface area contributed by atoms with Crippen molar-refractivity contribution in [2.45, 2.75) is 115 Å². The van der Waals surface area contributed by atoms with Crippen LogP contribution in [0.3, 0.4) is 0 Å². The first-order valence-corrected chi connectivity index (χ1v) is 21.7. The Labute approximate surface area is 340 Å². The highest BCUT2D eigenvalue weighted by Gasteiger charge is 2.63. The number of hydrogen-bond donors (Lipinski definition) is 1. The molecular weight excluding hydrogens is 770 g/mol. The van der Waals surface area contributed by atoms with E-state index in [2.05, 4.69) is 21.6 Å². The molecule has 3 heterocycles. The Kier molecular flexibility index (Phi) is 12.2. The van der Waals surface area contributed by atoms with Crippen molar-refractivity contribution < 1.29 is 46.2 Å². The molecule has 0 radical (unpaired) electrons. The number of carbonyl (C=O) groups is 4. The van der Waals surface area contributed by atoms with Crippen molar-refractivity contribution in [3.8, 4) is 11.6 Å². The Morgan fingerprint density at radius 2 is 1.83 bits per heavy atom. The van der Waals surface area contributed by atoms with Crippen molar-refractivity contribution in [3.05, 3.63) is 30.4 Å². The standard InChI is InChI=1S/C42H58FN5O9S/c1-25-11-9-10-12-27-21-42(27,38(52)46-58(53,54)41(24-43)15-16-41)22-34(49)33-19-29(23-48(33)37(51)31(26(2)17-25)20-35(50)57-40(3,4)5)56-36-30-14-13-28(55-8)18-32(30)44-39(45-36)47(6)7/h10,12-14,18,25-27,29,31,33H,9,11,15-17,19-24H2,1-8H3,(H,46,52)/b12-10-/t25-,26+,27+,29+,31-,33-,42+/m0/s1. The van der Waals surface area contributed by atoms with E-state index in [1.54, 1.807) is 65.1 Å². The molecule has 2 aliphatic heterocycles. The average Bonchev–Trinajstić information content (AvgIpc) is 4.05. The summed E-state index contributed by atoms with van der Waals surface area (Å²) in [6.45, 7) is 8.19. The number of halogens is 1. The number of carbonyl (C=O) groups excluding carboxylic acids is 4. The topological polar surface area (TPSA) is 174 Å². The number of rotatable bonds is 10. The van der Waals surface area contributed by atoms with Gasteiger partial charge in [-0.15, -0.1) is 0 Å². The number of amides is 2. The van der Waals surface area contributed by atoms with Crippen LogP contribution >= 0.6 is 0 Å². The number of benzene rings is 1. The fourth-order valence-corrected chi connectivity index (χ4v) is 9.89. The lowest BCUT2D eigenvalue weighted by Gasteiger charge is -2.32. The minimum atomic E-state index is -4.35. The molecule has 14 nitrogen and oxygen atoms in total. The Hall–Kier alpha value is -4.34. The van der Waals surface area contributed by atoms with Gasteiger partial charge in [-0.05, 0) is 89.2 Å². The van der Waals surface area contributed by atoms with E-state index in [0.717, 1.165) is 6.42 Å². The first-order chi connectivity index (χ1) is 27.2. The molecule has 0 unspecified atom stereocenters. The quantitative estimate of drug-likeness (QED) is 0.241. The number of ketones is 1. The van der Waals surface area contributed by atoms with Gasteiger partial charge in [-0.1, -0.05) is 26.0 Å². The zero-order valence-corrected chi connectivity index (χ0v) is 35.7. The van der Waals surface area contributed by atoms with Gasteiger partial charge in [0, 0.05) is 33.0 Å². The number of alkyl halides is 1. The second-order valence-electron chi connectivity index (χ2n) is 18.2. The Balaban J connectivity index is 1.37. The molecule has 0 spiro atoms. The van der Waals surface area contributed by atoms with Crippen LogP contribution < -0.4 is 19.1 Å². The van der Waals surface area contributed by atoms with Gasteiger partial charge in [0.1, 0.15) is 28.9 Å². The van der Waals surface area contributed by atoms with Gasteiger partial charge < -0.3 is 24.0 Å². The lowest BCUT2D eigenvalue weighted by molar-refractivity contribution is -0.160. The number of nitrogens with one attached hydrogen (secondary N) is 1. The third-order valence-corrected chi connectivity index (χ3v) is 14.3. The van der Waals surface area contributed by atoms with Crippen molar-refractivity contribution >= 4 is 50.4 Å². The summed E-state index contributed by atoms with van der Waals surface area (Å²) in [6, 6.07) is 4.23. The Morgan fingerprint density at radius 1 is 1.10 bits per heavy atom. The fraction of sp³-hybridized carbons (Fsp3) is 0.667. The van der Waals surface area contributed by atoms with Crippen LogP contribution in [0.4, 0.5) is 10.3 Å². The summed E-state index contributed by atoms with van der Waals surface area (Å²) in [6.07, 6.45) is 5.10. The molecule has 2 aromatic rings. The first kappa shape index (κ1) is 43.2. The molecule has 1 N–H and O–H groups in total. The summed E-state index contributed by atoms with van der Waals surface area (Å²) < 4.78 is 58.6. The van der Waals surface area contributed by atoms with Gasteiger partial charge in [0.15, 0.2) is 5.78 Å². The number of aromatic nitrogens is 2. The van der Waals surface area contributed by atoms with Gasteiger partial charge in [0.25, 0.3) is 0 Å². The zero-order chi connectivity index (χ0) is 42.4. The normalized spacial score (nSPS) is 29.3. The summed E-state index contributed by atoms with van der Waals surface area (Å²) in [5, 5.41) is 0.588. The van der Waals surface area contributed by atoms with Crippen LogP contribution in [0.1, 0.15) is 92.4 Å². The maximum absolute atomic E-state index is 15.0. The molecule has 0 bridgehead atoms. The average molecular weight is 828 g/mol. The number of anilines is 1. The SMILES string of the molecule is COc1ccc2c(O[C@@H]3C[C@H]4C(=O)C[C@]5(C(=O)NS(=O)(=O)C6(CF)CC6)C[C@H]5/C=C\CC[C@H](C)C[C@@H](C)[C@H](CC(=O)OC(C)(C)C)C(=O)N4C3)nc(N(C)C)nc2c1. The van der Waals surface area contributed by atoms with Crippen LogP contribution in [0.5, 0.6) is 11.6 Å². The second kappa shape index (κ2) is 16.4. The van der Waals surface area contributed by atoms with Crippen LogP contribution in [-0.4, -0.2) is 104 Å². The number of sulfonamides is 1. The van der Waals surface area contributed by atoms with E-state index in [1.165, 1.54) is 4.90 Å². The lowest BCUT2D eigenvalue weighted by atomic mass is 9.82. The van der Waals surface area contributed by atoms with E-state index >= 15 is 0 Å². The highest BCUT2D eigenvalue weighted by Crippen LogP contribution is 2.58. The number of ether oxygens (including phenoxy) is 3. The summed E-state index contributed by atoms with van der Waals surface area (Å²) in [5.74, 6) is -2.37. The summed E-state index contributed by atoms with van der Waals surface area (Å²) in [4.78, 5) is 69.6. The van der Waals surface area contributed by atoms with E-state index in [-0.39, 0.29) is 62.8 Å². The minimum Gasteiger partial charge on any atom is -0.497 e. The van der Waals surface area contributed by atoms with Gasteiger partial charge in [-0.2, -0.15) is 4.98 Å². The summed E-state index contributed by atoms with van der Waals surface area (Å²) in [7, 11) is 0.788. The maximum atomic E-state index is 15.0. The molecule has 6 rings (SSSR count). The number of nitrogens with zero attached hydrogens (tertiary/aromatic N) is 4. The maximum Gasteiger partial charge on any atom is 0.307 e. The van der Waals surface area contributed by atoms with Gasteiger partial charge in [0.05, 0.1) is 48.4 Å². The van der Waals surface area contributed by atoms with Crippen LogP contribution in [0.2, 0.25) is 0 Å². The molecule has 318 valence electrons. The van der Waals surface area contributed by atoms with Crippen molar-refractivity contribution in [1.29, 1.82) is 0 Å². The van der Waals surface area contributed by atoms with E-state index < -0.39 is 80.0 Å². The lowest BCUT2D eigenvalue weighted by Crippen LogP contribution is -2.48. The molecule has 1 aromatic carbocycles. The van der Waals surface area contributed by atoms with Gasteiger partial charge in [0.2, 0.25) is 33.7 Å². The summed E-state index contributed by atoms with van der Waals surface area (Å²) in [5.41, 5.74) is -1.63. The molecule has 7 atom stereocenters. The van der Waals surface area contributed by atoms with E-state index in [0.29, 0.717) is 35.4 Å². The fourth-order valence-electron chi connectivity index (χ4n) is 8.45. The largest absolute Gasteiger partial charge is 0.497 e. The predicted octanol–water partition coefficient (Wildman–Crippen LogP) is 5.33. The molecule has 2 saturated carbocycles. The third-order valence-electron chi connectivity index (χ3n) is 12.2. The first-order valence-electron chi connectivity index (χ1n) is 20.3. The molecule has 1 saturated heterocycles. The molecule has 1 aromatic heterocycles. The van der Waals surface area contributed by atoms with E-state index in [1.807, 2.05) is 19.1 Å². The van der Waals surface area contributed by atoms with Crippen molar-refractivity contribution in [1.82, 2.24) is 19.6 Å². The number of fused-ring (bicyclic) bond motifs is 3. The second-order valence-corrected chi connectivity index (χ2v) is 20.2. The molecular formula is C42H58FN5O9S. The number of esters is 1. The van der Waals surface area contributed by atoms with E-state index in [9.17, 15) is 32.0 Å². The van der Waals surface area contributed by atoms with E-state index in [4.69, 9.17) is 14.2 Å². The molecule has 4 aliphatic rings. The highest BCUT2D eigenvalue weighted by molar-refractivity contribution is 7.91. The number of hydrogen-bond acceptors (Lipinski definition) is 12. The third kappa shape index (κ3) is 9.11. The molecule has 2 aliphatic carbocycles. The predicted molar refractivity (Wildman–Crippen MR) is 215 cm³/mol.